The first-order chi connectivity index (χ1) is 13.7. The number of nitrogens with zero attached hydrogens (tertiary/aromatic N) is 6. The van der Waals surface area contributed by atoms with Crippen LogP contribution >= 0.6 is 0 Å². The molecule has 7 heteroatoms. The summed E-state index contributed by atoms with van der Waals surface area (Å²) in [7, 11) is 1.87. The van der Waals surface area contributed by atoms with Gasteiger partial charge in [0, 0.05) is 36.8 Å². The van der Waals surface area contributed by atoms with Crippen LogP contribution in [0.15, 0.2) is 73.4 Å². The number of imidazole rings is 1. The van der Waals surface area contributed by atoms with Crippen molar-refractivity contribution in [3.8, 4) is 33.9 Å². The maximum Gasteiger partial charge on any atom is 0.141 e. The summed E-state index contributed by atoms with van der Waals surface area (Å²) >= 11 is 0. The lowest BCUT2D eigenvalue weighted by Gasteiger charge is -2.07. The molecule has 0 atom stereocenters. The molecule has 0 fully saturated rings. The molecule has 0 amide bonds. The minimum absolute atomic E-state index is 0.378. The number of hydrogen-bond donors (Lipinski definition) is 0. The maximum atomic E-state index is 13.4. The molecule has 0 spiro atoms. The summed E-state index contributed by atoms with van der Waals surface area (Å²) in [4.78, 5) is 13.4. The lowest BCUT2D eigenvalue weighted by atomic mass is 10.1. The molecule has 0 aliphatic rings. The van der Waals surface area contributed by atoms with Gasteiger partial charge in [-0.25, -0.2) is 9.37 Å². The van der Waals surface area contributed by atoms with Crippen molar-refractivity contribution in [1.29, 1.82) is 0 Å². The highest BCUT2D eigenvalue weighted by molar-refractivity contribution is 5.82. The van der Waals surface area contributed by atoms with Crippen molar-refractivity contribution in [2.45, 2.75) is 0 Å². The molecule has 5 rings (SSSR count). The van der Waals surface area contributed by atoms with Gasteiger partial charge in [-0.1, -0.05) is 6.07 Å². The number of rotatable bonds is 3. The zero-order valence-electron chi connectivity index (χ0n) is 15.0. The van der Waals surface area contributed by atoms with Crippen LogP contribution in [0.4, 0.5) is 4.39 Å². The van der Waals surface area contributed by atoms with E-state index in [1.165, 1.54) is 12.3 Å². The molecule has 0 radical (unpaired) electrons. The third-order valence-corrected chi connectivity index (χ3v) is 4.53. The van der Waals surface area contributed by atoms with E-state index in [0.29, 0.717) is 11.4 Å². The molecule has 0 aliphatic carbocycles. The van der Waals surface area contributed by atoms with Gasteiger partial charge in [-0.2, -0.15) is 5.10 Å². The first-order valence-electron chi connectivity index (χ1n) is 8.73. The molecule has 5 heterocycles. The van der Waals surface area contributed by atoms with Crippen molar-refractivity contribution in [1.82, 2.24) is 29.1 Å². The van der Waals surface area contributed by atoms with Crippen LogP contribution in [0.1, 0.15) is 0 Å². The molecule has 0 saturated carbocycles. The second kappa shape index (κ2) is 6.38. The van der Waals surface area contributed by atoms with Gasteiger partial charge >= 0.3 is 0 Å². The van der Waals surface area contributed by atoms with E-state index in [-0.39, 0.29) is 5.82 Å². The Labute approximate surface area is 160 Å². The standard InChI is InChI=1S/C21H15FN6/c1-27-13-15(11-25-27)18-10-14(7-8-23-18)21-20(17-6-5-16(22)12-24-17)26-19-4-2-3-9-28(19)21/h2-13H,1H3. The number of hydrogen-bond acceptors (Lipinski definition) is 4. The minimum atomic E-state index is -0.378. The van der Waals surface area contributed by atoms with Gasteiger partial charge in [-0.15, -0.1) is 0 Å². The van der Waals surface area contributed by atoms with E-state index in [1.54, 1.807) is 23.1 Å². The molecule has 6 nitrogen and oxygen atoms in total. The van der Waals surface area contributed by atoms with Crippen molar-refractivity contribution < 1.29 is 4.39 Å². The van der Waals surface area contributed by atoms with E-state index < -0.39 is 0 Å². The Hall–Kier alpha value is -3.87. The Balaban J connectivity index is 1.74. The Kier molecular flexibility index (Phi) is 3.72. The summed E-state index contributed by atoms with van der Waals surface area (Å²) in [6.45, 7) is 0. The quantitative estimate of drug-likeness (QED) is 0.482. The molecule has 5 aromatic heterocycles. The minimum Gasteiger partial charge on any atom is -0.299 e. The lowest BCUT2D eigenvalue weighted by Crippen LogP contribution is -1.92. The van der Waals surface area contributed by atoms with Gasteiger partial charge in [0.2, 0.25) is 0 Å². The first-order valence-corrected chi connectivity index (χ1v) is 8.73. The van der Waals surface area contributed by atoms with Crippen LogP contribution < -0.4 is 0 Å². The van der Waals surface area contributed by atoms with Crippen molar-refractivity contribution in [3.63, 3.8) is 0 Å². The Bertz CT molecular complexity index is 1290. The molecule has 0 unspecified atom stereocenters. The zero-order chi connectivity index (χ0) is 19.1. The molecular formula is C21H15FN6. The third kappa shape index (κ3) is 2.73. The van der Waals surface area contributed by atoms with Crippen LogP contribution in [-0.4, -0.2) is 29.1 Å². The van der Waals surface area contributed by atoms with Crippen molar-refractivity contribution in [2.75, 3.05) is 0 Å². The molecular weight excluding hydrogens is 355 g/mol. The fourth-order valence-electron chi connectivity index (χ4n) is 3.26. The topological polar surface area (TPSA) is 60.9 Å². The Morgan fingerprint density at radius 2 is 1.86 bits per heavy atom. The molecule has 28 heavy (non-hydrogen) atoms. The van der Waals surface area contributed by atoms with Gasteiger partial charge < -0.3 is 0 Å². The van der Waals surface area contributed by atoms with Crippen molar-refractivity contribution in [3.05, 3.63) is 79.3 Å². The molecule has 0 N–H and O–H groups in total. The predicted molar refractivity (Wildman–Crippen MR) is 104 cm³/mol. The van der Waals surface area contributed by atoms with Crippen LogP contribution in [0, 0.1) is 5.82 Å². The largest absolute Gasteiger partial charge is 0.299 e. The molecule has 0 bridgehead atoms. The Morgan fingerprint density at radius 3 is 2.64 bits per heavy atom. The highest BCUT2D eigenvalue weighted by atomic mass is 19.1. The smallest absolute Gasteiger partial charge is 0.141 e. The second-order valence-corrected chi connectivity index (χ2v) is 6.43. The van der Waals surface area contributed by atoms with E-state index in [1.807, 2.05) is 54.2 Å². The number of aromatic nitrogens is 6. The maximum absolute atomic E-state index is 13.4. The Morgan fingerprint density at radius 1 is 0.929 bits per heavy atom. The predicted octanol–water partition coefficient (Wildman–Crippen LogP) is 4.00. The highest BCUT2D eigenvalue weighted by Gasteiger charge is 2.17. The van der Waals surface area contributed by atoms with E-state index in [0.717, 1.165) is 28.2 Å². The molecule has 136 valence electrons. The van der Waals surface area contributed by atoms with Crippen LogP contribution in [0.3, 0.4) is 0 Å². The monoisotopic (exact) mass is 370 g/mol. The van der Waals surface area contributed by atoms with E-state index in [2.05, 4.69) is 15.1 Å². The van der Waals surface area contributed by atoms with Crippen LogP contribution in [0.5, 0.6) is 0 Å². The summed E-state index contributed by atoms with van der Waals surface area (Å²) in [6, 6.07) is 12.8. The summed E-state index contributed by atoms with van der Waals surface area (Å²) in [5, 5.41) is 4.22. The number of halogens is 1. The molecule has 0 saturated heterocycles. The average molecular weight is 370 g/mol. The van der Waals surface area contributed by atoms with Crippen LogP contribution in [0.25, 0.3) is 39.5 Å². The zero-order valence-corrected chi connectivity index (χ0v) is 15.0. The van der Waals surface area contributed by atoms with Crippen LogP contribution in [-0.2, 0) is 7.05 Å². The molecule has 0 aromatic carbocycles. The number of fused-ring (bicyclic) bond motifs is 1. The summed E-state index contributed by atoms with van der Waals surface area (Å²) in [6.07, 6.45) is 8.62. The van der Waals surface area contributed by atoms with Gasteiger partial charge in [0.25, 0.3) is 0 Å². The van der Waals surface area contributed by atoms with Crippen molar-refractivity contribution in [2.24, 2.45) is 7.05 Å². The summed E-state index contributed by atoms with van der Waals surface area (Å²) < 4.78 is 17.1. The normalized spacial score (nSPS) is 11.2. The van der Waals surface area contributed by atoms with E-state index in [9.17, 15) is 4.39 Å². The molecule has 5 aromatic rings. The second-order valence-electron chi connectivity index (χ2n) is 6.43. The first kappa shape index (κ1) is 16.3. The number of pyridine rings is 3. The van der Waals surface area contributed by atoms with Gasteiger partial charge in [0.15, 0.2) is 0 Å². The third-order valence-electron chi connectivity index (χ3n) is 4.53. The van der Waals surface area contributed by atoms with Gasteiger partial charge in [-0.3, -0.25) is 19.1 Å². The lowest BCUT2D eigenvalue weighted by molar-refractivity contribution is 0.622. The fourth-order valence-corrected chi connectivity index (χ4v) is 3.26. The van der Waals surface area contributed by atoms with E-state index >= 15 is 0 Å². The van der Waals surface area contributed by atoms with Gasteiger partial charge in [-0.05, 0) is 36.4 Å². The number of aryl methyl sites for hydroxylation is 1. The summed E-state index contributed by atoms with van der Waals surface area (Å²) in [5.41, 5.74) is 5.65. The highest BCUT2D eigenvalue weighted by Crippen LogP contribution is 2.33. The van der Waals surface area contributed by atoms with Gasteiger partial charge in [0.05, 0.1) is 29.5 Å². The van der Waals surface area contributed by atoms with Gasteiger partial charge in [0.1, 0.15) is 17.2 Å². The van der Waals surface area contributed by atoms with Crippen LogP contribution in [0.2, 0.25) is 0 Å². The fraction of sp³-hybridized carbons (Fsp3) is 0.0476. The SMILES string of the molecule is Cn1cc(-c2cc(-c3c(-c4ccc(F)cn4)nc4ccccn34)ccn2)cn1. The molecule has 0 aliphatic heterocycles. The van der Waals surface area contributed by atoms with E-state index in [4.69, 9.17) is 4.98 Å². The van der Waals surface area contributed by atoms with Crippen molar-refractivity contribution >= 4 is 5.65 Å². The summed E-state index contributed by atoms with van der Waals surface area (Å²) in [5.74, 6) is -0.378. The average Bonchev–Trinajstić information content (AvgIpc) is 3.32.